The number of fused-ring (bicyclic) bond motifs is 2. The van der Waals surface area contributed by atoms with Gasteiger partial charge in [-0.15, -0.1) is 0 Å². The fraction of sp³-hybridized carbons (Fsp3) is 0.312. The Kier molecular flexibility index (Phi) is 2.52. The van der Waals surface area contributed by atoms with Crippen LogP contribution in [0.2, 0.25) is 0 Å². The average Bonchev–Trinajstić information content (AvgIpc) is 3.11. The summed E-state index contributed by atoms with van der Waals surface area (Å²) in [5.41, 5.74) is 3.70. The van der Waals surface area contributed by atoms with Crippen LogP contribution in [-0.4, -0.2) is 30.2 Å². The molecule has 2 fully saturated rings. The summed E-state index contributed by atoms with van der Waals surface area (Å²) in [6.07, 6.45) is 5.22. The zero-order valence-electron chi connectivity index (χ0n) is 10.8. The van der Waals surface area contributed by atoms with E-state index >= 15 is 0 Å². The summed E-state index contributed by atoms with van der Waals surface area (Å²) < 4.78 is 0. The largest absolute Gasteiger partial charge is 0.364 e. The summed E-state index contributed by atoms with van der Waals surface area (Å²) in [5, 5.41) is 3.54. The van der Waals surface area contributed by atoms with Gasteiger partial charge in [0.05, 0.1) is 11.9 Å². The first-order valence-electron chi connectivity index (χ1n) is 6.91. The third kappa shape index (κ3) is 1.90. The average molecular weight is 251 g/mol. The number of nitrogens with one attached hydrogen (secondary N) is 1. The molecule has 1 aromatic carbocycles. The zero-order valence-corrected chi connectivity index (χ0v) is 10.8. The van der Waals surface area contributed by atoms with Crippen LogP contribution in [-0.2, 0) is 0 Å². The normalized spacial score (nSPS) is 24.9. The molecular formula is C16H17N3. The van der Waals surface area contributed by atoms with E-state index in [1.807, 2.05) is 18.5 Å². The van der Waals surface area contributed by atoms with Gasteiger partial charge in [-0.2, -0.15) is 0 Å². The molecule has 1 aromatic heterocycles. The molecule has 0 amide bonds. The van der Waals surface area contributed by atoms with Crippen LogP contribution in [0.3, 0.4) is 0 Å². The van der Waals surface area contributed by atoms with Crippen molar-refractivity contribution in [3.8, 4) is 11.1 Å². The van der Waals surface area contributed by atoms with Gasteiger partial charge in [0, 0.05) is 36.9 Å². The predicted molar refractivity (Wildman–Crippen MR) is 77.2 cm³/mol. The first kappa shape index (κ1) is 11.0. The molecule has 3 nitrogen and oxygen atoms in total. The van der Waals surface area contributed by atoms with Crippen LogP contribution in [0.15, 0.2) is 48.8 Å². The Balaban J connectivity index is 1.68. The maximum Gasteiger partial charge on any atom is 0.0562 e. The van der Waals surface area contributed by atoms with Crippen LogP contribution in [0.5, 0.6) is 0 Å². The van der Waals surface area contributed by atoms with E-state index in [1.165, 1.54) is 23.2 Å². The Morgan fingerprint density at radius 1 is 1.11 bits per heavy atom. The molecule has 2 saturated heterocycles. The molecule has 2 atom stereocenters. The minimum absolute atomic E-state index is 0.651. The highest BCUT2D eigenvalue weighted by Gasteiger charge is 2.37. The Morgan fingerprint density at radius 2 is 2.00 bits per heavy atom. The van der Waals surface area contributed by atoms with Crippen molar-refractivity contribution < 1.29 is 0 Å². The first-order valence-corrected chi connectivity index (χ1v) is 6.91. The van der Waals surface area contributed by atoms with Gasteiger partial charge >= 0.3 is 0 Å². The van der Waals surface area contributed by atoms with Gasteiger partial charge in [0.1, 0.15) is 0 Å². The van der Waals surface area contributed by atoms with E-state index in [-0.39, 0.29) is 0 Å². The number of benzene rings is 1. The number of pyridine rings is 1. The second kappa shape index (κ2) is 4.35. The van der Waals surface area contributed by atoms with Crippen molar-refractivity contribution >= 4 is 5.69 Å². The summed E-state index contributed by atoms with van der Waals surface area (Å²) in [7, 11) is 0. The third-order valence-corrected chi connectivity index (χ3v) is 4.22. The molecule has 0 aliphatic carbocycles. The SMILES string of the molecule is c1ccc(-c2cncc(N3C[C@@H]4C[C@H]3CN4)c2)cc1. The predicted octanol–water partition coefficient (Wildman–Crippen LogP) is 2.30. The van der Waals surface area contributed by atoms with Crippen molar-refractivity contribution in [3.05, 3.63) is 48.8 Å². The van der Waals surface area contributed by atoms with Crippen molar-refractivity contribution in [2.75, 3.05) is 18.0 Å². The molecule has 3 heterocycles. The van der Waals surface area contributed by atoms with Gasteiger partial charge < -0.3 is 10.2 Å². The van der Waals surface area contributed by atoms with Crippen molar-refractivity contribution in [1.29, 1.82) is 0 Å². The van der Waals surface area contributed by atoms with E-state index in [0.29, 0.717) is 12.1 Å². The molecule has 0 spiro atoms. The number of piperazine rings is 1. The van der Waals surface area contributed by atoms with E-state index in [1.54, 1.807) is 0 Å². The fourth-order valence-corrected chi connectivity index (χ4v) is 3.25. The topological polar surface area (TPSA) is 28.2 Å². The van der Waals surface area contributed by atoms with E-state index < -0.39 is 0 Å². The summed E-state index contributed by atoms with van der Waals surface area (Å²) in [6.45, 7) is 2.23. The van der Waals surface area contributed by atoms with Gasteiger partial charge in [-0.25, -0.2) is 0 Å². The lowest BCUT2D eigenvalue weighted by molar-refractivity contribution is 0.580. The second-order valence-corrected chi connectivity index (χ2v) is 5.44. The lowest BCUT2D eigenvalue weighted by atomic mass is 10.1. The maximum absolute atomic E-state index is 4.43. The Labute approximate surface area is 113 Å². The van der Waals surface area contributed by atoms with Crippen LogP contribution >= 0.6 is 0 Å². The molecule has 3 heteroatoms. The van der Waals surface area contributed by atoms with Crippen molar-refractivity contribution in [1.82, 2.24) is 10.3 Å². The summed E-state index contributed by atoms with van der Waals surface area (Å²) in [5.74, 6) is 0. The van der Waals surface area contributed by atoms with E-state index in [4.69, 9.17) is 0 Å². The Morgan fingerprint density at radius 3 is 2.74 bits per heavy atom. The molecule has 2 aromatic rings. The number of rotatable bonds is 2. The van der Waals surface area contributed by atoms with Crippen molar-refractivity contribution in [2.24, 2.45) is 0 Å². The molecule has 0 saturated carbocycles. The van der Waals surface area contributed by atoms with Crippen LogP contribution in [0.1, 0.15) is 6.42 Å². The number of hydrogen-bond acceptors (Lipinski definition) is 3. The van der Waals surface area contributed by atoms with Gasteiger partial charge in [-0.3, -0.25) is 4.98 Å². The molecule has 4 rings (SSSR count). The molecule has 0 radical (unpaired) electrons. The maximum atomic E-state index is 4.43. The molecule has 19 heavy (non-hydrogen) atoms. The van der Waals surface area contributed by atoms with Gasteiger partial charge in [0.25, 0.3) is 0 Å². The van der Waals surface area contributed by atoms with Gasteiger partial charge in [0.15, 0.2) is 0 Å². The molecule has 1 N–H and O–H groups in total. The van der Waals surface area contributed by atoms with Gasteiger partial charge in [-0.1, -0.05) is 30.3 Å². The van der Waals surface area contributed by atoms with Crippen LogP contribution in [0.4, 0.5) is 5.69 Å². The van der Waals surface area contributed by atoms with Crippen LogP contribution in [0, 0.1) is 0 Å². The van der Waals surface area contributed by atoms with E-state index in [0.717, 1.165) is 13.1 Å². The van der Waals surface area contributed by atoms with Gasteiger partial charge in [0.2, 0.25) is 0 Å². The minimum atomic E-state index is 0.651. The standard InChI is InChI=1S/C16H17N3/c1-2-4-12(5-3-1)13-6-15(9-17-8-13)19-11-14-7-16(19)10-18-14/h1-6,8-9,14,16,18H,7,10-11H2/t14-,16-/m0/s1. The van der Waals surface area contributed by atoms with Crippen LogP contribution < -0.4 is 10.2 Å². The summed E-state index contributed by atoms with van der Waals surface area (Å²) >= 11 is 0. The Bertz CT molecular complexity index is 582. The second-order valence-electron chi connectivity index (χ2n) is 5.44. The Hall–Kier alpha value is -1.87. The van der Waals surface area contributed by atoms with Gasteiger partial charge in [-0.05, 0) is 18.1 Å². The zero-order chi connectivity index (χ0) is 12.7. The molecule has 2 aliphatic heterocycles. The lowest BCUT2D eigenvalue weighted by Crippen LogP contribution is -2.43. The highest BCUT2D eigenvalue weighted by Crippen LogP contribution is 2.31. The summed E-state index contributed by atoms with van der Waals surface area (Å²) in [4.78, 5) is 6.93. The fourth-order valence-electron chi connectivity index (χ4n) is 3.25. The minimum Gasteiger partial charge on any atom is -0.364 e. The first-order chi connectivity index (χ1) is 9.40. The number of nitrogens with zero attached hydrogens (tertiary/aromatic N) is 2. The van der Waals surface area contributed by atoms with Crippen molar-refractivity contribution in [2.45, 2.75) is 18.5 Å². The summed E-state index contributed by atoms with van der Waals surface area (Å²) in [6, 6.07) is 14.1. The smallest absolute Gasteiger partial charge is 0.0562 e. The molecule has 96 valence electrons. The molecule has 2 bridgehead atoms. The van der Waals surface area contributed by atoms with E-state index in [2.05, 4.69) is 45.5 Å². The monoisotopic (exact) mass is 251 g/mol. The van der Waals surface area contributed by atoms with Crippen molar-refractivity contribution in [3.63, 3.8) is 0 Å². The highest BCUT2D eigenvalue weighted by atomic mass is 15.3. The molecular weight excluding hydrogens is 234 g/mol. The molecule has 0 unspecified atom stereocenters. The number of anilines is 1. The van der Waals surface area contributed by atoms with E-state index in [9.17, 15) is 0 Å². The highest BCUT2D eigenvalue weighted by molar-refractivity contribution is 5.67. The number of aromatic nitrogens is 1. The van der Waals surface area contributed by atoms with Crippen LogP contribution in [0.25, 0.3) is 11.1 Å². The quantitative estimate of drug-likeness (QED) is 0.887. The molecule has 2 aliphatic rings. The third-order valence-electron chi connectivity index (χ3n) is 4.22. The number of hydrogen-bond donors (Lipinski definition) is 1. The lowest BCUT2D eigenvalue weighted by Gasteiger charge is -2.29.